The molecule has 1 aromatic carbocycles. The molecule has 1 N–H and O–H groups in total. The maximum atomic E-state index is 12.6. The minimum Gasteiger partial charge on any atom is -0.315 e. The summed E-state index contributed by atoms with van der Waals surface area (Å²) < 4.78 is 26.6. The summed E-state index contributed by atoms with van der Waals surface area (Å²) in [5.41, 5.74) is 1.19. The molecule has 0 spiro atoms. The minimum absolute atomic E-state index is 0. The minimum atomic E-state index is -3.38. The molecular weight excluding hydrogens is 308 g/mol. The van der Waals surface area contributed by atoms with Gasteiger partial charge in [-0.15, -0.1) is 12.4 Å². The van der Waals surface area contributed by atoms with Crippen LogP contribution in [0.2, 0.25) is 0 Å². The Morgan fingerprint density at radius 3 is 2.43 bits per heavy atom. The van der Waals surface area contributed by atoms with Crippen LogP contribution in [-0.2, 0) is 10.0 Å². The van der Waals surface area contributed by atoms with Crippen molar-refractivity contribution < 1.29 is 8.42 Å². The summed E-state index contributed by atoms with van der Waals surface area (Å²) in [7, 11) is -1.70. The molecule has 0 saturated carbocycles. The Morgan fingerprint density at radius 2 is 1.95 bits per heavy atom. The Hall–Kier alpha value is -0.620. The van der Waals surface area contributed by atoms with Crippen LogP contribution in [0.1, 0.15) is 38.2 Å². The van der Waals surface area contributed by atoms with Gasteiger partial charge in [-0.05, 0) is 43.0 Å². The maximum Gasteiger partial charge on any atom is 0.243 e. The smallest absolute Gasteiger partial charge is 0.243 e. The summed E-state index contributed by atoms with van der Waals surface area (Å²) in [6.07, 6.45) is 1.93. The van der Waals surface area contributed by atoms with Crippen LogP contribution in [0, 0.1) is 0 Å². The molecule has 1 fully saturated rings. The zero-order valence-corrected chi connectivity index (χ0v) is 14.5. The quantitative estimate of drug-likeness (QED) is 0.901. The normalized spacial score (nSPS) is 20.3. The highest BCUT2D eigenvalue weighted by molar-refractivity contribution is 7.89. The fourth-order valence-electron chi connectivity index (χ4n) is 2.52. The SMILES string of the molecule is CCC(C)c1ccc(S(=O)(=O)N(C)C2CCNC2)cc1.Cl. The Labute approximate surface area is 134 Å². The number of halogens is 1. The summed E-state index contributed by atoms with van der Waals surface area (Å²) in [6, 6.07) is 7.39. The second-order valence-electron chi connectivity index (χ2n) is 5.55. The van der Waals surface area contributed by atoms with Gasteiger partial charge in [0.25, 0.3) is 0 Å². The zero-order chi connectivity index (χ0) is 14.8. The van der Waals surface area contributed by atoms with Crippen molar-refractivity contribution in [1.82, 2.24) is 9.62 Å². The second kappa shape index (κ2) is 7.58. The highest BCUT2D eigenvalue weighted by Gasteiger charge is 2.29. The van der Waals surface area contributed by atoms with Crippen molar-refractivity contribution >= 4 is 22.4 Å². The molecule has 0 aromatic heterocycles. The van der Waals surface area contributed by atoms with Crippen molar-refractivity contribution in [3.8, 4) is 0 Å². The molecular formula is C15H25ClN2O2S. The molecule has 2 rings (SSSR count). The van der Waals surface area contributed by atoms with E-state index in [1.54, 1.807) is 19.2 Å². The second-order valence-corrected chi connectivity index (χ2v) is 7.54. The molecule has 1 aliphatic heterocycles. The molecule has 0 bridgehead atoms. The zero-order valence-electron chi connectivity index (χ0n) is 12.9. The van der Waals surface area contributed by atoms with Gasteiger partial charge in [-0.2, -0.15) is 4.31 Å². The van der Waals surface area contributed by atoms with Gasteiger partial charge in [0.05, 0.1) is 4.90 Å². The summed E-state index contributed by atoms with van der Waals surface area (Å²) in [6.45, 7) is 5.91. The molecule has 2 atom stereocenters. The van der Waals surface area contributed by atoms with Crippen LogP contribution in [0.3, 0.4) is 0 Å². The first-order valence-corrected chi connectivity index (χ1v) is 8.69. The number of hydrogen-bond donors (Lipinski definition) is 1. The van der Waals surface area contributed by atoms with E-state index in [0.717, 1.165) is 25.9 Å². The van der Waals surface area contributed by atoms with Crippen molar-refractivity contribution in [1.29, 1.82) is 0 Å². The molecule has 1 saturated heterocycles. The van der Waals surface area contributed by atoms with Gasteiger partial charge in [-0.1, -0.05) is 26.0 Å². The lowest BCUT2D eigenvalue weighted by atomic mass is 9.99. The highest BCUT2D eigenvalue weighted by atomic mass is 35.5. The number of likely N-dealkylation sites (N-methyl/N-ethyl adjacent to an activating group) is 1. The number of rotatable bonds is 5. The molecule has 0 aliphatic carbocycles. The van der Waals surface area contributed by atoms with Gasteiger partial charge in [0, 0.05) is 19.6 Å². The van der Waals surface area contributed by atoms with Crippen molar-refractivity contribution in [2.45, 2.75) is 43.5 Å². The molecule has 120 valence electrons. The molecule has 1 heterocycles. The fraction of sp³-hybridized carbons (Fsp3) is 0.600. The van der Waals surface area contributed by atoms with Gasteiger partial charge in [-0.3, -0.25) is 0 Å². The third-order valence-corrected chi connectivity index (χ3v) is 6.21. The summed E-state index contributed by atoms with van der Waals surface area (Å²) in [4.78, 5) is 0.388. The average molecular weight is 333 g/mol. The Morgan fingerprint density at radius 1 is 1.33 bits per heavy atom. The van der Waals surface area contributed by atoms with Gasteiger partial charge in [0.1, 0.15) is 0 Å². The number of hydrogen-bond acceptors (Lipinski definition) is 3. The van der Waals surface area contributed by atoms with Crippen LogP contribution < -0.4 is 5.32 Å². The highest BCUT2D eigenvalue weighted by Crippen LogP contribution is 2.23. The van der Waals surface area contributed by atoms with E-state index in [2.05, 4.69) is 19.2 Å². The molecule has 2 unspecified atom stereocenters. The van der Waals surface area contributed by atoms with Crippen LogP contribution in [0.15, 0.2) is 29.2 Å². The van der Waals surface area contributed by atoms with Crippen LogP contribution >= 0.6 is 12.4 Å². The van der Waals surface area contributed by atoms with E-state index in [0.29, 0.717) is 10.8 Å². The van der Waals surface area contributed by atoms with Crippen molar-refractivity contribution in [3.63, 3.8) is 0 Å². The van der Waals surface area contributed by atoms with Crippen LogP contribution in [-0.4, -0.2) is 38.9 Å². The van der Waals surface area contributed by atoms with Crippen LogP contribution in [0.25, 0.3) is 0 Å². The molecule has 0 radical (unpaired) electrons. The van der Waals surface area contributed by atoms with E-state index in [1.165, 1.54) is 9.87 Å². The van der Waals surface area contributed by atoms with Crippen molar-refractivity contribution in [3.05, 3.63) is 29.8 Å². The Balaban J connectivity index is 0.00000220. The van der Waals surface area contributed by atoms with Crippen LogP contribution in [0.4, 0.5) is 0 Å². The largest absolute Gasteiger partial charge is 0.315 e. The fourth-order valence-corrected chi connectivity index (χ4v) is 3.90. The van der Waals surface area contributed by atoms with Crippen LogP contribution in [0.5, 0.6) is 0 Å². The van der Waals surface area contributed by atoms with Crippen molar-refractivity contribution in [2.75, 3.05) is 20.1 Å². The third kappa shape index (κ3) is 3.97. The van der Waals surface area contributed by atoms with Gasteiger partial charge in [0.2, 0.25) is 10.0 Å². The number of benzene rings is 1. The molecule has 1 aromatic rings. The Kier molecular flexibility index (Phi) is 6.66. The van der Waals surface area contributed by atoms with E-state index in [9.17, 15) is 8.42 Å². The molecule has 6 heteroatoms. The monoisotopic (exact) mass is 332 g/mol. The lowest BCUT2D eigenvalue weighted by Crippen LogP contribution is -2.38. The number of nitrogens with zero attached hydrogens (tertiary/aromatic N) is 1. The van der Waals surface area contributed by atoms with Gasteiger partial charge >= 0.3 is 0 Å². The van der Waals surface area contributed by atoms with Gasteiger partial charge in [0.15, 0.2) is 0 Å². The van der Waals surface area contributed by atoms with E-state index in [-0.39, 0.29) is 18.4 Å². The number of nitrogens with one attached hydrogen (secondary N) is 1. The predicted octanol–water partition coefficient (Wildman–Crippen LogP) is 2.60. The molecule has 21 heavy (non-hydrogen) atoms. The molecule has 1 aliphatic rings. The van der Waals surface area contributed by atoms with Crippen molar-refractivity contribution in [2.24, 2.45) is 0 Å². The predicted molar refractivity (Wildman–Crippen MR) is 88.6 cm³/mol. The lowest BCUT2D eigenvalue weighted by molar-refractivity contribution is 0.388. The first-order valence-electron chi connectivity index (χ1n) is 7.25. The van der Waals surface area contributed by atoms with Gasteiger partial charge < -0.3 is 5.32 Å². The first kappa shape index (κ1) is 18.4. The third-order valence-electron chi connectivity index (χ3n) is 4.29. The molecule has 0 amide bonds. The molecule has 4 nitrogen and oxygen atoms in total. The first-order chi connectivity index (χ1) is 9.46. The van der Waals surface area contributed by atoms with E-state index >= 15 is 0 Å². The van der Waals surface area contributed by atoms with E-state index < -0.39 is 10.0 Å². The van der Waals surface area contributed by atoms with E-state index in [4.69, 9.17) is 0 Å². The average Bonchev–Trinajstić information content (AvgIpc) is 2.99. The van der Waals surface area contributed by atoms with E-state index in [1.807, 2.05) is 12.1 Å². The lowest BCUT2D eigenvalue weighted by Gasteiger charge is -2.23. The number of sulfonamides is 1. The summed E-state index contributed by atoms with van der Waals surface area (Å²) >= 11 is 0. The Bertz CT molecular complexity index is 539. The topological polar surface area (TPSA) is 49.4 Å². The van der Waals surface area contributed by atoms with Gasteiger partial charge in [-0.25, -0.2) is 8.42 Å². The summed E-state index contributed by atoms with van der Waals surface area (Å²) in [5.74, 6) is 0.462. The summed E-state index contributed by atoms with van der Waals surface area (Å²) in [5, 5.41) is 3.20. The standard InChI is InChI=1S/C15H24N2O2S.ClH/c1-4-12(2)13-5-7-15(8-6-13)20(18,19)17(3)14-9-10-16-11-14;/h5-8,12,14,16H,4,9-11H2,1-3H3;1H. The maximum absolute atomic E-state index is 12.6.